The molecule has 1 aromatic heterocycles. The lowest BCUT2D eigenvalue weighted by Gasteiger charge is -2.35. The fraction of sp³-hybridized carbons (Fsp3) is 0.579. The maximum atomic E-state index is 11.5. The second-order valence-electron chi connectivity index (χ2n) is 7.79. The van der Waals surface area contributed by atoms with Gasteiger partial charge in [0.1, 0.15) is 0 Å². The van der Waals surface area contributed by atoms with Gasteiger partial charge in [0.2, 0.25) is 11.7 Å². The van der Waals surface area contributed by atoms with Gasteiger partial charge in [-0.3, -0.25) is 4.79 Å². The second-order valence-corrected chi connectivity index (χ2v) is 7.79. The number of hydrogen-bond donors (Lipinski definition) is 2. The van der Waals surface area contributed by atoms with Crippen molar-refractivity contribution in [2.75, 3.05) is 13.1 Å². The molecular weight excluding hydrogens is 328 g/mol. The molecule has 0 radical (unpaired) electrons. The predicted molar refractivity (Wildman–Crippen MR) is 98.3 cm³/mol. The molecule has 1 aliphatic heterocycles. The number of carbonyl (C=O) groups is 1. The van der Waals surface area contributed by atoms with Gasteiger partial charge in [-0.05, 0) is 30.7 Å². The van der Waals surface area contributed by atoms with Crippen molar-refractivity contribution in [3.05, 3.63) is 41.7 Å². The van der Waals surface area contributed by atoms with Gasteiger partial charge in [-0.1, -0.05) is 37.3 Å². The van der Waals surface area contributed by atoms with Gasteiger partial charge in [0.05, 0.1) is 18.6 Å². The van der Waals surface area contributed by atoms with E-state index in [-0.39, 0.29) is 23.4 Å². The maximum Gasteiger partial charge on any atom is 0.220 e. The number of benzene rings is 1. The number of likely N-dealkylation sites (tertiary alicyclic amines) is 1. The number of nitrogens with zero attached hydrogens (tertiary/aromatic N) is 4. The van der Waals surface area contributed by atoms with Crippen LogP contribution in [0.4, 0.5) is 0 Å². The van der Waals surface area contributed by atoms with Crippen molar-refractivity contribution in [1.29, 1.82) is 0 Å². The summed E-state index contributed by atoms with van der Waals surface area (Å²) in [6.45, 7) is 8.22. The van der Waals surface area contributed by atoms with Crippen LogP contribution >= 0.6 is 0 Å². The van der Waals surface area contributed by atoms with Crippen LogP contribution in [0.2, 0.25) is 0 Å². The highest BCUT2D eigenvalue weighted by molar-refractivity contribution is 5.76. The number of carbonyl (C=O) groups excluding carboxylic acids is 1. The lowest BCUT2D eigenvalue weighted by atomic mass is 9.93. The molecule has 1 aliphatic rings. The third kappa shape index (κ3) is 3.62. The van der Waals surface area contributed by atoms with Gasteiger partial charge in [0.25, 0.3) is 0 Å². The first-order chi connectivity index (χ1) is 12.4. The van der Waals surface area contributed by atoms with E-state index in [1.54, 1.807) is 0 Å². The molecular formula is C19H29N6O+. The minimum absolute atomic E-state index is 0.0155. The number of quaternary nitrogens is 1. The smallest absolute Gasteiger partial charge is 0.220 e. The van der Waals surface area contributed by atoms with Crippen molar-refractivity contribution in [3.8, 4) is 0 Å². The molecule has 1 aromatic carbocycles. The molecule has 0 aliphatic carbocycles. The van der Waals surface area contributed by atoms with Crippen LogP contribution in [0.5, 0.6) is 0 Å². The quantitative estimate of drug-likeness (QED) is 0.796. The van der Waals surface area contributed by atoms with Crippen LogP contribution in [0.15, 0.2) is 30.3 Å². The first-order valence-corrected chi connectivity index (χ1v) is 9.41. The van der Waals surface area contributed by atoms with Gasteiger partial charge < -0.3 is 10.6 Å². The molecule has 2 aromatic rings. The summed E-state index contributed by atoms with van der Waals surface area (Å²) in [6, 6.07) is 10.4. The zero-order valence-corrected chi connectivity index (χ0v) is 15.9. The summed E-state index contributed by atoms with van der Waals surface area (Å²) in [7, 11) is 0. The third-order valence-corrected chi connectivity index (χ3v) is 5.76. The van der Waals surface area contributed by atoms with Gasteiger partial charge in [0, 0.05) is 24.3 Å². The van der Waals surface area contributed by atoms with Gasteiger partial charge in [-0.15, -0.1) is 5.10 Å². The van der Waals surface area contributed by atoms with Gasteiger partial charge in [-0.25, -0.2) is 4.68 Å². The highest BCUT2D eigenvalue weighted by Gasteiger charge is 2.38. The van der Waals surface area contributed by atoms with Crippen LogP contribution in [-0.4, -0.2) is 39.2 Å². The van der Waals surface area contributed by atoms with Crippen molar-refractivity contribution in [2.24, 2.45) is 11.7 Å². The number of aromatic nitrogens is 4. The Labute approximate surface area is 154 Å². The number of primary amides is 1. The molecule has 0 spiro atoms. The zero-order chi connectivity index (χ0) is 18.7. The highest BCUT2D eigenvalue weighted by Crippen LogP contribution is 2.25. The Kier molecular flexibility index (Phi) is 5.36. The van der Waals surface area contributed by atoms with Gasteiger partial charge in [0.15, 0.2) is 6.04 Å². The van der Waals surface area contributed by atoms with Crippen LogP contribution in [0, 0.1) is 5.92 Å². The molecule has 1 fully saturated rings. The monoisotopic (exact) mass is 357 g/mol. The summed E-state index contributed by atoms with van der Waals surface area (Å²) in [5.74, 6) is 0.686. The van der Waals surface area contributed by atoms with E-state index >= 15 is 0 Å². The molecule has 0 saturated carbocycles. The Morgan fingerprint density at radius 1 is 1.31 bits per heavy atom. The summed E-state index contributed by atoms with van der Waals surface area (Å²) in [6.07, 6.45) is 2.56. The molecule has 0 bridgehead atoms. The number of nitrogens with one attached hydrogen (secondary N) is 1. The molecule has 1 amide bonds. The van der Waals surface area contributed by atoms with E-state index in [0.29, 0.717) is 0 Å². The Bertz CT molecular complexity index is 733. The number of rotatable bonds is 6. The normalized spacial score (nSPS) is 22.1. The van der Waals surface area contributed by atoms with Crippen LogP contribution in [0.1, 0.15) is 57.5 Å². The second kappa shape index (κ2) is 7.53. The number of nitrogens with two attached hydrogens (primary N) is 1. The summed E-state index contributed by atoms with van der Waals surface area (Å²) in [4.78, 5) is 12.9. The van der Waals surface area contributed by atoms with Gasteiger partial charge >= 0.3 is 0 Å². The number of tetrazole rings is 1. The Morgan fingerprint density at radius 3 is 2.54 bits per heavy atom. The molecule has 140 valence electrons. The fourth-order valence-electron chi connectivity index (χ4n) is 3.73. The molecule has 1 saturated heterocycles. The van der Waals surface area contributed by atoms with Crippen LogP contribution in [0.3, 0.4) is 0 Å². The molecule has 3 rings (SSSR count). The van der Waals surface area contributed by atoms with Crippen molar-refractivity contribution in [3.63, 3.8) is 0 Å². The molecule has 2 heterocycles. The predicted octanol–water partition coefficient (Wildman–Crippen LogP) is 0.688. The van der Waals surface area contributed by atoms with Crippen molar-refractivity contribution in [2.45, 2.75) is 51.6 Å². The molecule has 0 unspecified atom stereocenters. The van der Waals surface area contributed by atoms with E-state index in [1.165, 1.54) is 10.5 Å². The van der Waals surface area contributed by atoms with Crippen molar-refractivity contribution >= 4 is 5.91 Å². The molecule has 26 heavy (non-hydrogen) atoms. The van der Waals surface area contributed by atoms with Crippen molar-refractivity contribution in [1.82, 2.24) is 20.2 Å². The number of hydrogen-bond acceptors (Lipinski definition) is 4. The van der Waals surface area contributed by atoms with Crippen LogP contribution in [0.25, 0.3) is 0 Å². The average molecular weight is 357 g/mol. The van der Waals surface area contributed by atoms with E-state index in [9.17, 15) is 4.79 Å². The zero-order valence-electron chi connectivity index (χ0n) is 15.9. The SMILES string of the molecule is CCC(C)(C)n1nnnc1[C@@H](c1ccccc1)[NH+]1CCC(C(N)=O)CC1. The molecule has 3 N–H and O–H groups in total. The Balaban J connectivity index is 1.97. The molecule has 7 heteroatoms. The summed E-state index contributed by atoms with van der Waals surface area (Å²) in [5, 5.41) is 12.7. The molecule has 1 atom stereocenters. The summed E-state index contributed by atoms with van der Waals surface area (Å²) >= 11 is 0. The topological polar surface area (TPSA) is 91.1 Å². The molecule has 7 nitrogen and oxygen atoms in total. The van der Waals surface area contributed by atoms with Crippen LogP contribution in [-0.2, 0) is 10.3 Å². The number of amides is 1. The van der Waals surface area contributed by atoms with E-state index in [0.717, 1.165) is 38.2 Å². The fourth-order valence-corrected chi connectivity index (χ4v) is 3.73. The van der Waals surface area contributed by atoms with E-state index < -0.39 is 0 Å². The van der Waals surface area contributed by atoms with E-state index in [1.807, 2.05) is 10.7 Å². The largest absolute Gasteiger partial charge is 0.369 e. The minimum atomic E-state index is -0.183. The van der Waals surface area contributed by atoms with E-state index in [2.05, 4.69) is 60.6 Å². The lowest BCUT2D eigenvalue weighted by molar-refractivity contribution is -0.931. The summed E-state index contributed by atoms with van der Waals surface area (Å²) < 4.78 is 1.97. The van der Waals surface area contributed by atoms with Gasteiger partial charge in [-0.2, -0.15) is 0 Å². The third-order valence-electron chi connectivity index (χ3n) is 5.76. The number of piperidine rings is 1. The lowest BCUT2D eigenvalue weighted by Crippen LogP contribution is -3.13. The first-order valence-electron chi connectivity index (χ1n) is 9.41. The maximum absolute atomic E-state index is 11.5. The van der Waals surface area contributed by atoms with Crippen LogP contribution < -0.4 is 10.6 Å². The first kappa shape index (κ1) is 18.5. The van der Waals surface area contributed by atoms with Crippen molar-refractivity contribution < 1.29 is 9.69 Å². The summed E-state index contributed by atoms with van der Waals surface area (Å²) in [5.41, 5.74) is 6.55. The van der Waals surface area contributed by atoms with E-state index in [4.69, 9.17) is 5.73 Å². The average Bonchev–Trinajstić information content (AvgIpc) is 3.13. The highest BCUT2D eigenvalue weighted by atomic mass is 16.1. The Hall–Kier alpha value is -2.28. The Morgan fingerprint density at radius 2 is 1.96 bits per heavy atom. The minimum Gasteiger partial charge on any atom is -0.369 e. The standard InChI is InChI=1S/C19H28N6O/c1-4-19(2,3)25-18(21-22-23-25)16(14-8-6-5-7-9-14)24-12-10-15(11-13-24)17(20)26/h5-9,15-16H,4,10-13H2,1-3H3,(H2,20,26)/p+1/t16-/m1/s1.